The molecule has 1 unspecified atom stereocenters. The zero-order chi connectivity index (χ0) is 24.0. The molecule has 0 spiro atoms. The number of para-hydroxylation sites is 1. The Hall–Kier alpha value is -3.79. The number of methoxy groups -OCH3 is 5. The number of aliphatic hydroxyl groups is 1. The Morgan fingerprint density at radius 1 is 0.909 bits per heavy atom. The van der Waals surface area contributed by atoms with Crippen molar-refractivity contribution in [2.45, 2.75) is 6.10 Å². The third-order valence-electron chi connectivity index (χ3n) is 4.99. The lowest BCUT2D eigenvalue weighted by Crippen LogP contribution is -2.35. The average Bonchev–Trinajstić information content (AvgIpc) is 3.29. The van der Waals surface area contributed by atoms with E-state index < -0.39 is 12.0 Å². The molecule has 0 saturated carbocycles. The zero-order valence-corrected chi connectivity index (χ0v) is 19.2. The first-order valence-electron chi connectivity index (χ1n) is 10.1. The largest absolute Gasteiger partial charge is 0.496 e. The summed E-state index contributed by atoms with van der Waals surface area (Å²) in [5.74, 6) is 2.35. The van der Waals surface area contributed by atoms with E-state index >= 15 is 0 Å². The Morgan fingerprint density at radius 3 is 2.12 bits per heavy atom. The molecular formula is C23H28N2O8. The maximum absolute atomic E-state index is 12.7. The Labute approximate surface area is 191 Å². The minimum atomic E-state index is -0.975. The van der Waals surface area contributed by atoms with Gasteiger partial charge in [0.1, 0.15) is 24.2 Å². The third kappa shape index (κ3) is 5.01. The fourth-order valence-electron chi connectivity index (χ4n) is 3.36. The number of rotatable bonds is 11. The molecule has 2 aromatic carbocycles. The predicted molar refractivity (Wildman–Crippen MR) is 121 cm³/mol. The lowest BCUT2D eigenvalue weighted by molar-refractivity contribution is 0.0830. The number of amides is 1. The van der Waals surface area contributed by atoms with Gasteiger partial charge in [-0.25, -0.2) is 0 Å². The van der Waals surface area contributed by atoms with Crippen LogP contribution in [-0.2, 0) is 0 Å². The summed E-state index contributed by atoms with van der Waals surface area (Å²) in [6, 6.07) is 8.54. The van der Waals surface area contributed by atoms with E-state index in [9.17, 15) is 9.90 Å². The average molecular weight is 460 g/mol. The smallest absolute Gasteiger partial charge is 0.267 e. The van der Waals surface area contributed by atoms with Crippen LogP contribution in [0.15, 0.2) is 30.3 Å². The minimum absolute atomic E-state index is 0.0384. The second-order valence-electron chi connectivity index (χ2n) is 6.95. The fourth-order valence-corrected chi connectivity index (χ4v) is 3.36. The van der Waals surface area contributed by atoms with E-state index in [2.05, 4.69) is 10.3 Å². The maximum atomic E-state index is 12.7. The van der Waals surface area contributed by atoms with Crippen molar-refractivity contribution in [1.29, 1.82) is 0 Å². The molecule has 1 amide bonds. The number of H-pyrrole nitrogens is 1. The maximum Gasteiger partial charge on any atom is 0.267 e. The van der Waals surface area contributed by atoms with E-state index in [1.165, 1.54) is 35.5 Å². The second-order valence-corrected chi connectivity index (χ2v) is 6.95. The van der Waals surface area contributed by atoms with E-state index in [1.807, 2.05) is 0 Å². The minimum Gasteiger partial charge on any atom is -0.496 e. The monoisotopic (exact) mass is 460 g/mol. The SMILES string of the molecule is COc1cccc(OC)c1OCC(O)CNC(=O)c1cc2c(OC)cc(OC)c(OC)c2[nH]1. The molecule has 0 saturated heterocycles. The van der Waals surface area contributed by atoms with Gasteiger partial charge >= 0.3 is 0 Å². The van der Waals surface area contributed by atoms with Gasteiger partial charge in [0.2, 0.25) is 5.75 Å². The second kappa shape index (κ2) is 10.7. The normalized spacial score (nSPS) is 11.6. The summed E-state index contributed by atoms with van der Waals surface area (Å²) in [5.41, 5.74) is 0.834. The topological polar surface area (TPSA) is 121 Å². The highest BCUT2D eigenvalue weighted by molar-refractivity contribution is 6.02. The number of hydrogen-bond donors (Lipinski definition) is 3. The number of aromatic nitrogens is 1. The zero-order valence-electron chi connectivity index (χ0n) is 19.2. The number of carbonyl (C=O) groups is 1. The Kier molecular flexibility index (Phi) is 7.73. The van der Waals surface area contributed by atoms with Crippen molar-refractivity contribution in [3.05, 3.63) is 36.0 Å². The van der Waals surface area contributed by atoms with Crippen LogP contribution in [-0.4, -0.2) is 70.8 Å². The van der Waals surface area contributed by atoms with Gasteiger partial charge in [-0.15, -0.1) is 0 Å². The van der Waals surface area contributed by atoms with Crippen molar-refractivity contribution in [2.75, 3.05) is 48.7 Å². The summed E-state index contributed by atoms with van der Waals surface area (Å²) >= 11 is 0. The van der Waals surface area contributed by atoms with Crippen molar-refractivity contribution in [2.24, 2.45) is 0 Å². The van der Waals surface area contributed by atoms with Gasteiger partial charge in [0.05, 0.1) is 41.1 Å². The molecule has 178 valence electrons. The first-order chi connectivity index (χ1) is 16.0. The van der Waals surface area contributed by atoms with Crippen LogP contribution in [0.3, 0.4) is 0 Å². The number of aromatic amines is 1. The van der Waals surface area contributed by atoms with E-state index in [1.54, 1.807) is 30.3 Å². The van der Waals surface area contributed by atoms with Gasteiger partial charge in [0, 0.05) is 18.0 Å². The predicted octanol–water partition coefficient (Wildman–Crippen LogP) is 2.38. The van der Waals surface area contributed by atoms with Gasteiger partial charge in [-0.2, -0.15) is 0 Å². The molecule has 10 nitrogen and oxygen atoms in total. The first-order valence-corrected chi connectivity index (χ1v) is 10.1. The summed E-state index contributed by atoms with van der Waals surface area (Å²) in [6.07, 6.45) is -0.975. The van der Waals surface area contributed by atoms with Crippen LogP contribution in [0.4, 0.5) is 0 Å². The number of hydrogen-bond acceptors (Lipinski definition) is 8. The number of aliphatic hydroxyl groups excluding tert-OH is 1. The third-order valence-corrected chi connectivity index (χ3v) is 4.99. The van der Waals surface area contributed by atoms with E-state index in [4.69, 9.17) is 28.4 Å². The van der Waals surface area contributed by atoms with Crippen molar-refractivity contribution in [3.63, 3.8) is 0 Å². The molecule has 0 aliphatic rings. The summed E-state index contributed by atoms with van der Waals surface area (Å²) in [4.78, 5) is 15.7. The van der Waals surface area contributed by atoms with Crippen LogP contribution in [0.1, 0.15) is 10.5 Å². The van der Waals surface area contributed by atoms with Gasteiger partial charge in [-0.1, -0.05) is 6.07 Å². The molecule has 0 fully saturated rings. The van der Waals surface area contributed by atoms with E-state index in [-0.39, 0.29) is 18.8 Å². The Bertz CT molecular complexity index is 1090. The lowest BCUT2D eigenvalue weighted by Gasteiger charge is -2.17. The summed E-state index contributed by atoms with van der Waals surface area (Å²) in [5, 5.41) is 13.7. The highest BCUT2D eigenvalue weighted by atomic mass is 16.5. The van der Waals surface area contributed by atoms with Gasteiger partial charge < -0.3 is 43.8 Å². The molecule has 3 N–H and O–H groups in total. The van der Waals surface area contributed by atoms with E-state index in [0.717, 1.165) is 0 Å². The summed E-state index contributed by atoms with van der Waals surface area (Å²) < 4.78 is 32.4. The quantitative estimate of drug-likeness (QED) is 0.399. The number of fused-ring (bicyclic) bond motifs is 1. The van der Waals surface area contributed by atoms with Crippen LogP contribution in [0.2, 0.25) is 0 Å². The number of carbonyl (C=O) groups excluding carboxylic acids is 1. The van der Waals surface area contributed by atoms with Crippen LogP contribution in [0.5, 0.6) is 34.5 Å². The van der Waals surface area contributed by atoms with Crippen molar-refractivity contribution in [3.8, 4) is 34.5 Å². The highest BCUT2D eigenvalue weighted by Gasteiger charge is 2.20. The molecule has 0 aliphatic carbocycles. The van der Waals surface area contributed by atoms with Crippen LogP contribution in [0, 0.1) is 0 Å². The fraction of sp³-hybridized carbons (Fsp3) is 0.348. The molecule has 3 rings (SSSR count). The molecule has 0 aliphatic heterocycles. The van der Waals surface area contributed by atoms with Crippen LogP contribution < -0.4 is 33.7 Å². The lowest BCUT2D eigenvalue weighted by atomic mass is 10.2. The van der Waals surface area contributed by atoms with Gasteiger partial charge in [0.15, 0.2) is 23.0 Å². The summed E-state index contributed by atoms with van der Waals surface area (Å²) in [7, 11) is 7.58. The van der Waals surface area contributed by atoms with E-state index in [0.29, 0.717) is 45.4 Å². The van der Waals surface area contributed by atoms with Crippen molar-refractivity contribution in [1.82, 2.24) is 10.3 Å². The van der Waals surface area contributed by atoms with Gasteiger partial charge in [-0.3, -0.25) is 4.79 Å². The Morgan fingerprint density at radius 2 is 1.55 bits per heavy atom. The number of nitrogens with one attached hydrogen (secondary N) is 2. The molecule has 0 bridgehead atoms. The molecule has 10 heteroatoms. The first kappa shape index (κ1) is 23.9. The number of benzene rings is 2. The molecule has 1 heterocycles. The number of ether oxygens (including phenoxy) is 6. The molecule has 3 aromatic rings. The van der Waals surface area contributed by atoms with Crippen LogP contribution >= 0.6 is 0 Å². The van der Waals surface area contributed by atoms with Crippen molar-refractivity contribution >= 4 is 16.8 Å². The van der Waals surface area contributed by atoms with Crippen LogP contribution in [0.25, 0.3) is 10.9 Å². The molecule has 0 radical (unpaired) electrons. The molecule has 1 aromatic heterocycles. The molecule has 33 heavy (non-hydrogen) atoms. The Balaban J connectivity index is 1.69. The van der Waals surface area contributed by atoms with Crippen molar-refractivity contribution < 1.29 is 38.3 Å². The standard InChI is InChI=1S/C23H28N2O8/c1-28-16-7-6-8-17(29-2)21(16)33-12-13(26)11-24-23(27)15-9-14-18(30-3)10-19(31-4)22(32-5)20(14)25-15/h6-10,13,25-26H,11-12H2,1-5H3,(H,24,27). The molecular weight excluding hydrogens is 432 g/mol. The highest BCUT2D eigenvalue weighted by Crippen LogP contribution is 2.41. The summed E-state index contributed by atoms with van der Waals surface area (Å²) in [6.45, 7) is -0.119. The van der Waals surface area contributed by atoms with Gasteiger partial charge in [-0.05, 0) is 18.2 Å². The van der Waals surface area contributed by atoms with Gasteiger partial charge in [0.25, 0.3) is 5.91 Å². The molecule has 1 atom stereocenters.